The van der Waals surface area contributed by atoms with Crippen molar-refractivity contribution in [1.82, 2.24) is 9.80 Å². The van der Waals surface area contributed by atoms with E-state index in [-0.39, 0.29) is 6.67 Å². The van der Waals surface area contributed by atoms with E-state index in [1.807, 2.05) is 36.4 Å². The van der Waals surface area contributed by atoms with Gasteiger partial charge in [-0.05, 0) is 18.2 Å². The van der Waals surface area contributed by atoms with Gasteiger partial charge in [-0.2, -0.15) is 0 Å². The zero-order chi connectivity index (χ0) is 19.2. The quantitative estimate of drug-likeness (QED) is 0.537. The zero-order valence-electron chi connectivity index (χ0n) is 16.1. The van der Waals surface area contributed by atoms with Crippen LogP contribution in [0.2, 0.25) is 0 Å². The molecule has 0 aliphatic carbocycles. The Morgan fingerprint density at radius 2 is 1.61 bits per heavy atom. The summed E-state index contributed by atoms with van der Waals surface area (Å²) >= 11 is 0. The van der Waals surface area contributed by atoms with Crippen molar-refractivity contribution in [3.8, 4) is 5.75 Å². The van der Waals surface area contributed by atoms with E-state index in [4.69, 9.17) is 9.15 Å². The highest BCUT2D eigenvalue weighted by Gasteiger charge is 2.19. The molecule has 0 unspecified atom stereocenters. The van der Waals surface area contributed by atoms with Gasteiger partial charge < -0.3 is 9.15 Å². The first kappa shape index (κ1) is 19.0. The van der Waals surface area contributed by atoms with Gasteiger partial charge in [0.2, 0.25) is 0 Å². The van der Waals surface area contributed by atoms with Crippen LogP contribution in [0.1, 0.15) is 17.7 Å². The van der Waals surface area contributed by atoms with Gasteiger partial charge in [-0.25, -0.2) is 0 Å². The largest absolute Gasteiger partial charge is 0.493 e. The van der Waals surface area contributed by atoms with E-state index in [0.29, 0.717) is 13.0 Å². The Balaban J connectivity index is 1.29. The van der Waals surface area contributed by atoms with Crippen LogP contribution >= 0.6 is 0 Å². The van der Waals surface area contributed by atoms with Crippen LogP contribution in [0.3, 0.4) is 0 Å². The zero-order valence-corrected chi connectivity index (χ0v) is 16.1. The fourth-order valence-corrected chi connectivity index (χ4v) is 3.69. The number of piperazine rings is 1. The third kappa shape index (κ3) is 4.72. The number of furan rings is 1. The van der Waals surface area contributed by atoms with Crippen LogP contribution in [0, 0.1) is 0 Å². The summed E-state index contributed by atoms with van der Waals surface area (Å²) in [5.41, 5.74) is 2.13. The minimum Gasteiger partial charge on any atom is -0.493 e. The van der Waals surface area contributed by atoms with Crippen molar-refractivity contribution in [2.75, 3.05) is 39.5 Å². The van der Waals surface area contributed by atoms with Crippen LogP contribution in [0.4, 0.5) is 4.39 Å². The van der Waals surface area contributed by atoms with E-state index >= 15 is 0 Å². The summed E-state index contributed by atoms with van der Waals surface area (Å²) in [7, 11) is 0. The third-order valence-electron chi connectivity index (χ3n) is 5.22. The Morgan fingerprint density at radius 3 is 2.39 bits per heavy atom. The molecule has 0 N–H and O–H groups in total. The highest BCUT2D eigenvalue weighted by molar-refractivity contribution is 5.77. The van der Waals surface area contributed by atoms with Gasteiger partial charge in [0, 0.05) is 50.1 Å². The second kappa shape index (κ2) is 9.22. The summed E-state index contributed by atoms with van der Waals surface area (Å²) in [4.78, 5) is 4.89. The summed E-state index contributed by atoms with van der Waals surface area (Å²) in [6, 6.07) is 18.4. The summed E-state index contributed by atoms with van der Waals surface area (Å²) in [5, 5.41) is 1.17. The maximum absolute atomic E-state index is 12.3. The Labute approximate surface area is 165 Å². The predicted octanol–water partition coefficient (Wildman–Crippen LogP) is 4.49. The minimum absolute atomic E-state index is 0.338. The van der Waals surface area contributed by atoms with Crippen molar-refractivity contribution < 1.29 is 13.5 Å². The molecule has 5 heteroatoms. The molecule has 2 heterocycles. The van der Waals surface area contributed by atoms with E-state index in [2.05, 4.69) is 28.0 Å². The molecule has 148 valence electrons. The molecule has 0 amide bonds. The topological polar surface area (TPSA) is 28.9 Å². The molecule has 1 saturated heterocycles. The molecule has 0 radical (unpaired) electrons. The number of alkyl halides is 1. The van der Waals surface area contributed by atoms with Gasteiger partial charge in [0.15, 0.2) is 0 Å². The molecule has 0 bridgehead atoms. The van der Waals surface area contributed by atoms with Crippen LogP contribution in [0.25, 0.3) is 11.0 Å². The van der Waals surface area contributed by atoms with Gasteiger partial charge in [0.05, 0.1) is 19.8 Å². The van der Waals surface area contributed by atoms with Crippen molar-refractivity contribution in [1.29, 1.82) is 0 Å². The van der Waals surface area contributed by atoms with Crippen molar-refractivity contribution >= 4 is 11.0 Å². The number of hydrogen-bond donors (Lipinski definition) is 0. The maximum atomic E-state index is 12.3. The second-order valence-corrected chi connectivity index (χ2v) is 7.30. The highest BCUT2D eigenvalue weighted by atomic mass is 19.1. The molecule has 3 aromatic rings. The molecule has 0 saturated carbocycles. The third-order valence-corrected chi connectivity index (χ3v) is 5.22. The Hall–Kier alpha value is -2.37. The summed E-state index contributed by atoms with van der Waals surface area (Å²) < 4.78 is 24.0. The SMILES string of the molecule is FCCCOc1ccccc1CN1CCN(Cc2cc3ccccc3o2)CC1. The van der Waals surface area contributed by atoms with E-state index in [9.17, 15) is 4.39 Å². The smallest absolute Gasteiger partial charge is 0.134 e. The first-order valence-electron chi connectivity index (χ1n) is 10.0. The van der Waals surface area contributed by atoms with Gasteiger partial charge in [-0.15, -0.1) is 0 Å². The maximum Gasteiger partial charge on any atom is 0.134 e. The number of hydrogen-bond acceptors (Lipinski definition) is 4. The molecule has 1 fully saturated rings. The Morgan fingerprint density at radius 1 is 0.893 bits per heavy atom. The second-order valence-electron chi connectivity index (χ2n) is 7.30. The van der Waals surface area contributed by atoms with Crippen molar-refractivity contribution in [3.63, 3.8) is 0 Å². The number of para-hydroxylation sites is 2. The van der Waals surface area contributed by atoms with Gasteiger partial charge in [-0.1, -0.05) is 36.4 Å². The van der Waals surface area contributed by atoms with Crippen LogP contribution < -0.4 is 4.74 Å². The Kier molecular flexibility index (Phi) is 6.24. The van der Waals surface area contributed by atoms with Crippen LogP contribution in [-0.4, -0.2) is 49.3 Å². The van der Waals surface area contributed by atoms with E-state index in [0.717, 1.165) is 56.4 Å². The molecule has 1 aliphatic heterocycles. The number of fused-ring (bicyclic) bond motifs is 1. The van der Waals surface area contributed by atoms with Crippen molar-refractivity contribution in [2.45, 2.75) is 19.5 Å². The molecule has 4 rings (SSSR count). The molecule has 0 spiro atoms. The summed E-state index contributed by atoms with van der Waals surface area (Å²) in [5.74, 6) is 1.90. The average Bonchev–Trinajstić information content (AvgIpc) is 3.13. The summed E-state index contributed by atoms with van der Waals surface area (Å²) in [6.07, 6.45) is 0.439. The first-order chi connectivity index (χ1) is 13.8. The van der Waals surface area contributed by atoms with Gasteiger partial charge in [0.25, 0.3) is 0 Å². The van der Waals surface area contributed by atoms with Gasteiger partial charge in [0.1, 0.15) is 17.1 Å². The highest BCUT2D eigenvalue weighted by Crippen LogP contribution is 2.23. The van der Waals surface area contributed by atoms with Crippen LogP contribution in [0.15, 0.2) is 59.0 Å². The van der Waals surface area contributed by atoms with Gasteiger partial charge >= 0.3 is 0 Å². The number of halogens is 1. The molecule has 28 heavy (non-hydrogen) atoms. The molecule has 1 aliphatic rings. The van der Waals surface area contributed by atoms with Gasteiger partial charge in [-0.3, -0.25) is 14.2 Å². The lowest BCUT2D eigenvalue weighted by molar-refractivity contribution is 0.115. The average molecular weight is 382 g/mol. The lowest BCUT2D eigenvalue weighted by atomic mass is 10.1. The number of benzene rings is 2. The lowest BCUT2D eigenvalue weighted by Gasteiger charge is -2.34. The molecule has 0 atom stereocenters. The van der Waals surface area contributed by atoms with Crippen molar-refractivity contribution in [3.05, 3.63) is 65.9 Å². The number of rotatable bonds is 8. The molecular weight excluding hydrogens is 355 g/mol. The number of nitrogens with zero attached hydrogens (tertiary/aromatic N) is 2. The summed E-state index contributed by atoms with van der Waals surface area (Å²) in [6.45, 7) is 5.87. The van der Waals surface area contributed by atoms with E-state index < -0.39 is 0 Å². The number of ether oxygens (including phenoxy) is 1. The van der Waals surface area contributed by atoms with Crippen LogP contribution in [0.5, 0.6) is 5.75 Å². The predicted molar refractivity (Wildman–Crippen MR) is 109 cm³/mol. The molecule has 1 aromatic heterocycles. The molecule has 4 nitrogen and oxygen atoms in total. The molecular formula is C23H27FN2O2. The van der Waals surface area contributed by atoms with E-state index in [1.165, 1.54) is 10.9 Å². The monoisotopic (exact) mass is 382 g/mol. The van der Waals surface area contributed by atoms with Crippen LogP contribution in [-0.2, 0) is 13.1 Å². The normalized spacial score (nSPS) is 15.9. The van der Waals surface area contributed by atoms with E-state index in [1.54, 1.807) is 0 Å². The van der Waals surface area contributed by atoms with Crippen molar-refractivity contribution in [2.24, 2.45) is 0 Å². The molecule has 2 aromatic carbocycles. The fraction of sp³-hybridized carbons (Fsp3) is 0.391. The fourth-order valence-electron chi connectivity index (χ4n) is 3.69. The minimum atomic E-state index is -0.338. The first-order valence-corrected chi connectivity index (χ1v) is 10.0. The standard InChI is InChI=1S/C23H27FN2O2/c24-10-5-15-27-22-8-3-2-7-20(22)17-25-11-13-26(14-12-25)18-21-16-19-6-1-4-9-23(19)28-21/h1-4,6-9,16H,5,10-15,17-18H2. The lowest BCUT2D eigenvalue weighted by Crippen LogP contribution is -2.45. The Bertz CT molecular complexity index is 854.